The van der Waals surface area contributed by atoms with Gasteiger partial charge in [0.1, 0.15) is 5.01 Å². The van der Waals surface area contributed by atoms with Gasteiger partial charge in [-0.05, 0) is 32.1 Å². The van der Waals surface area contributed by atoms with Gasteiger partial charge in [0, 0.05) is 57.0 Å². The molecule has 1 atom stereocenters. The number of hydrogen-bond acceptors (Lipinski definition) is 6. The topological polar surface area (TPSA) is 43.8 Å². The van der Waals surface area contributed by atoms with Crippen LogP contribution in [0.15, 0.2) is 5.38 Å². The van der Waals surface area contributed by atoms with Gasteiger partial charge in [-0.1, -0.05) is 0 Å². The van der Waals surface area contributed by atoms with Crippen LogP contribution in [0.25, 0.3) is 0 Å². The largest absolute Gasteiger partial charge is 0.381 e. The molecule has 4 heterocycles. The number of likely N-dealkylation sites (tertiary alicyclic amines) is 1. The van der Waals surface area contributed by atoms with Crippen LogP contribution in [0.5, 0.6) is 0 Å². The second-order valence-electron chi connectivity index (χ2n) is 7.56. The van der Waals surface area contributed by atoms with Gasteiger partial charge < -0.3 is 14.2 Å². The van der Waals surface area contributed by atoms with Crippen LogP contribution in [-0.2, 0) is 20.8 Å². The van der Waals surface area contributed by atoms with E-state index < -0.39 is 0 Å². The average Bonchev–Trinajstić information content (AvgIpc) is 2.98. The number of ether oxygens (including phenoxy) is 3. The molecular weight excluding hydrogens is 324 g/mol. The Balaban J connectivity index is 1.22. The van der Waals surface area contributed by atoms with Crippen LogP contribution in [0.4, 0.5) is 0 Å². The summed E-state index contributed by atoms with van der Waals surface area (Å²) in [7, 11) is 0. The summed E-state index contributed by atoms with van der Waals surface area (Å²) < 4.78 is 17.8. The zero-order valence-corrected chi connectivity index (χ0v) is 15.4. The summed E-state index contributed by atoms with van der Waals surface area (Å²) in [5.41, 5.74) is 1.16. The van der Waals surface area contributed by atoms with E-state index in [1.54, 1.807) is 11.3 Å². The minimum absolute atomic E-state index is 0.0326. The van der Waals surface area contributed by atoms with Gasteiger partial charge in [0.2, 0.25) is 0 Å². The molecule has 0 aromatic carbocycles. The van der Waals surface area contributed by atoms with Crippen molar-refractivity contribution in [3.63, 3.8) is 0 Å². The first kappa shape index (κ1) is 16.9. The van der Waals surface area contributed by atoms with E-state index in [0.717, 1.165) is 77.4 Å². The highest BCUT2D eigenvalue weighted by Gasteiger charge is 2.47. The molecule has 24 heavy (non-hydrogen) atoms. The zero-order valence-electron chi connectivity index (χ0n) is 14.5. The van der Waals surface area contributed by atoms with Crippen molar-refractivity contribution in [3.8, 4) is 0 Å². The lowest BCUT2D eigenvalue weighted by Crippen LogP contribution is -2.65. The highest BCUT2D eigenvalue weighted by molar-refractivity contribution is 7.09. The Morgan fingerprint density at radius 1 is 1.29 bits per heavy atom. The van der Waals surface area contributed by atoms with Crippen LogP contribution in [0.1, 0.15) is 36.4 Å². The van der Waals surface area contributed by atoms with Crippen LogP contribution in [0.3, 0.4) is 0 Å². The molecular formula is C18H28N2O3S. The molecule has 1 unspecified atom stereocenters. The van der Waals surface area contributed by atoms with Crippen molar-refractivity contribution >= 4 is 11.3 Å². The fourth-order valence-electron chi connectivity index (χ4n) is 4.08. The Kier molecular flexibility index (Phi) is 5.20. The zero-order chi connectivity index (χ0) is 16.4. The average molecular weight is 353 g/mol. The number of thiazole rings is 1. The number of aryl methyl sites for hydroxylation is 1. The first-order valence-electron chi connectivity index (χ1n) is 9.17. The molecule has 0 amide bonds. The lowest BCUT2D eigenvalue weighted by molar-refractivity contribution is -0.201. The van der Waals surface area contributed by atoms with Crippen molar-refractivity contribution < 1.29 is 14.2 Å². The molecule has 0 N–H and O–H groups in total. The maximum Gasteiger partial charge on any atom is 0.107 e. The van der Waals surface area contributed by atoms with Gasteiger partial charge in [0.25, 0.3) is 0 Å². The van der Waals surface area contributed by atoms with E-state index in [0.29, 0.717) is 12.0 Å². The molecule has 134 valence electrons. The van der Waals surface area contributed by atoms with Crippen LogP contribution in [-0.4, -0.2) is 61.1 Å². The van der Waals surface area contributed by atoms with Crippen molar-refractivity contribution in [2.75, 3.05) is 39.5 Å². The van der Waals surface area contributed by atoms with Gasteiger partial charge >= 0.3 is 0 Å². The lowest BCUT2D eigenvalue weighted by Gasteiger charge is -2.53. The number of rotatable bonds is 5. The molecule has 4 rings (SSSR count). The van der Waals surface area contributed by atoms with Crippen LogP contribution >= 0.6 is 11.3 Å². The van der Waals surface area contributed by atoms with Gasteiger partial charge in [0.05, 0.1) is 18.2 Å². The lowest BCUT2D eigenvalue weighted by atomic mass is 9.84. The van der Waals surface area contributed by atoms with E-state index in [-0.39, 0.29) is 5.60 Å². The van der Waals surface area contributed by atoms with Crippen LogP contribution in [0, 0.1) is 12.8 Å². The Labute approximate surface area is 148 Å². The summed E-state index contributed by atoms with van der Waals surface area (Å²) in [6, 6.07) is 0. The van der Waals surface area contributed by atoms with Gasteiger partial charge in [-0.3, -0.25) is 4.90 Å². The van der Waals surface area contributed by atoms with E-state index in [9.17, 15) is 0 Å². The summed E-state index contributed by atoms with van der Waals surface area (Å²) >= 11 is 1.76. The third-order valence-corrected chi connectivity index (χ3v) is 6.36. The Morgan fingerprint density at radius 3 is 2.88 bits per heavy atom. The monoisotopic (exact) mass is 352 g/mol. The van der Waals surface area contributed by atoms with Crippen molar-refractivity contribution in [2.45, 2.75) is 50.9 Å². The first-order valence-corrected chi connectivity index (χ1v) is 10.1. The summed E-state index contributed by atoms with van der Waals surface area (Å²) in [6.45, 7) is 8.58. The fraction of sp³-hybridized carbons (Fsp3) is 0.833. The van der Waals surface area contributed by atoms with Crippen LogP contribution < -0.4 is 0 Å². The Bertz CT molecular complexity index is 538. The van der Waals surface area contributed by atoms with Gasteiger partial charge in [-0.15, -0.1) is 11.3 Å². The number of hydrogen-bond donors (Lipinski definition) is 0. The minimum atomic E-state index is 0.0326. The summed E-state index contributed by atoms with van der Waals surface area (Å²) in [6.07, 6.45) is 4.75. The molecule has 5 nitrogen and oxygen atoms in total. The van der Waals surface area contributed by atoms with E-state index in [2.05, 4.69) is 22.2 Å². The van der Waals surface area contributed by atoms with Gasteiger partial charge in [-0.25, -0.2) is 4.98 Å². The Morgan fingerprint density at radius 2 is 2.12 bits per heavy atom. The smallest absolute Gasteiger partial charge is 0.107 e. The SMILES string of the molecule is Cc1csc(CN2CC3(CC(OCC4CCOCC4)CCO3)C2)n1. The highest BCUT2D eigenvalue weighted by Crippen LogP contribution is 2.36. The maximum atomic E-state index is 6.25. The summed E-state index contributed by atoms with van der Waals surface area (Å²) in [5, 5.41) is 3.34. The Hall–Kier alpha value is -0.530. The third-order valence-electron chi connectivity index (χ3n) is 5.41. The fourth-order valence-corrected chi connectivity index (χ4v) is 4.89. The molecule has 0 radical (unpaired) electrons. The van der Waals surface area contributed by atoms with Gasteiger partial charge in [-0.2, -0.15) is 0 Å². The molecule has 0 saturated carbocycles. The highest BCUT2D eigenvalue weighted by atomic mass is 32.1. The minimum Gasteiger partial charge on any atom is -0.381 e. The van der Waals surface area contributed by atoms with Crippen molar-refractivity contribution in [2.24, 2.45) is 5.92 Å². The standard InChI is InChI=1S/C18H28N2O3S/c1-14-11-24-17(19-14)9-20-12-18(13-20)8-16(4-7-23-18)22-10-15-2-5-21-6-3-15/h11,15-16H,2-10,12-13H2,1H3. The molecule has 1 spiro atoms. The molecule has 3 fully saturated rings. The second-order valence-corrected chi connectivity index (χ2v) is 8.51. The predicted octanol–water partition coefficient (Wildman–Crippen LogP) is 2.63. The van der Waals surface area contributed by atoms with E-state index in [4.69, 9.17) is 14.2 Å². The number of nitrogens with zero attached hydrogens (tertiary/aromatic N) is 2. The molecule has 3 aliphatic heterocycles. The second kappa shape index (κ2) is 7.38. The molecule has 3 saturated heterocycles. The molecule has 0 aliphatic carbocycles. The molecule has 1 aromatic rings. The first-order chi connectivity index (χ1) is 11.7. The quantitative estimate of drug-likeness (QED) is 0.815. The normalized spacial score (nSPS) is 28.1. The molecule has 6 heteroatoms. The summed E-state index contributed by atoms with van der Waals surface area (Å²) in [4.78, 5) is 7.01. The predicted molar refractivity (Wildman–Crippen MR) is 93.3 cm³/mol. The van der Waals surface area contributed by atoms with Crippen LogP contribution in [0.2, 0.25) is 0 Å². The van der Waals surface area contributed by atoms with Crippen molar-refractivity contribution in [3.05, 3.63) is 16.1 Å². The maximum absolute atomic E-state index is 6.25. The van der Waals surface area contributed by atoms with E-state index >= 15 is 0 Å². The van der Waals surface area contributed by atoms with E-state index in [1.807, 2.05) is 0 Å². The van der Waals surface area contributed by atoms with Gasteiger partial charge in [0.15, 0.2) is 0 Å². The van der Waals surface area contributed by atoms with Crippen molar-refractivity contribution in [1.29, 1.82) is 0 Å². The summed E-state index contributed by atoms with van der Waals surface area (Å²) in [5.74, 6) is 0.684. The van der Waals surface area contributed by atoms with E-state index in [1.165, 1.54) is 5.01 Å². The molecule has 1 aromatic heterocycles. The molecule has 3 aliphatic rings. The van der Waals surface area contributed by atoms with Crippen molar-refractivity contribution in [1.82, 2.24) is 9.88 Å². The number of aromatic nitrogens is 1. The third kappa shape index (κ3) is 3.99. The molecule has 0 bridgehead atoms.